The third-order valence-electron chi connectivity index (χ3n) is 3.15. The van der Waals surface area contributed by atoms with Gasteiger partial charge in [-0.05, 0) is 31.1 Å². The second kappa shape index (κ2) is 3.75. The van der Waals surface area contributed by atoms with E-state index in [1.807, 2.05) is 0 Å². The predicted molar refractivity (Wildman–Crippen MR) is 49.0 cm³/mol. The molecule has 0 aromatic rings. The van der Waals surface area contributed by atoms with Crippen LogP contribution in [0.3, 0.4) is 0 Å². The molecule has 1 saturated carbocycles. The van der Waals surface area contributed by atoms with Gasteiger partial charge >= 0.3 is 0 Å². The molecule has 72 valence electrons. The van der Waals surface area contributed by atoms with E-state index >= 15 is 0 Å². The number of rotatable bonds is 2. The summed E-state index contributed by atoms with van der Waals surface area (Å²) in [6.07, 6.45) is 2.91. The Morgan fingerprint density at radius 2 is 2.08 bits per heavy atom. The van der Waals surface area contributed by atoms with Gasteiger partial charge in [-0.3, -0.25) is 0 Å². The van der Waals surface area contributed by atoms with E-state index in [0.29, 0.717) is 12.5 Å². The van der Waals surface area contributed by atoms with E-state index in [1.54, 1.807) is 7.11 Å². The van der Waals surface area contributed by atoms with Crippen molar-refractivity contribution in [1.29, 1.82) is 0 Å². The van der Waals surface area contributed by atoms with Gasteiger partial charge in [-0.1, -0.05) is 13.8 Å². The summed E-state index contributed by atoms with van der Waals surface area (Å²) in [6, 6.07) is 0. The number of hydrogen-bond acceptors (Lipinski definition) is 2. The summed E-state index contributed by atoms with van der Waals surface area (Å²) in [5.41, 5.74) is -0.541. The van der Waals surface area contributed by atoms with Crippen LogP contribution in [-0.4, -0.2) is 24.4 Å². The first-order valence-electron chi connectivity index (χ1n) is 4.79. The molecule has 1 aliphatic rings. The van der Waals surface area contributed by atoms with Crippen LogP contribution >= 0.6 is 0 Å². The van der Waals surface area contributed by atoms with Crippen LogP contribution in [0.2, 0.25) is 0 Å². The zero-order valence-electron chi connectivity index (χ0n) is 8.34. The van der Waals surface area contributed by atoms with Gasteiger partial charge in [-0.25, -0.2) is 0 Å². The van der Waals surface area contributed by atoms with Crippen molar-refractivity contribution in [2.45, 2.75) is 38.7 Å². The highest BCUT2D eigenvalue weighted by Gasteiger charge is 2.35. The van der Waals surface area contributed by atoms with Gasteiger partial charge in [0, 0.05) is 7.11 Å². The van der Waals surface area contributed by atoms with Gasteiger partial charge in [0.05, 0.1) is 12.2 Å². The molecule has 2 nitrogen and oxygen atoms in total. The molecule has 0 amide bonds. The Balaban J connectivity index is 2.48. The zero-order valence-corrected chi connectivity index (χ0v) is 8.34. The Morgan fingerprint density at radius 1 is 1.42 bits per heavy atom. The molecule has 0 radical (unpaired) electrons. The molecular weight excluding hydrogens is 152 g/mol. The minimum Gasteiger partial charge on any atom is -0.387 e. The lowest BCUT2D eigenvalue weighted by molar-refractivity contribution is -0.0774. The van der Waals surface area contributed by atoms with E-state index in [-0.39, 0.29) is 0 Å². The first-order valence-corrected chi connectivity index (χ1v) is 4.79. The normalized spacial score (nSPS) is 43.0. The van der Waals surface area contributed by atoms with Crippen molar-refractivity contribution in [3.8, 4) is 0 Å². The topological polar surface area (TPSA) is 29.5 Å². The largest absolute Gasteiger partial charge is 0.387 e. The summed E-state index contributed by atoms with van der Waals surface area (Å²) in [5.74, 6) is 1.38. The molecule has 2 heteroatoms. The van der Waals surface area contributed by atoms with Crippen LogP contribution in [0.5, 0.6) is 0 Å². The SMILES string of the molecule is COCC1(O)CCC(C)C(C)C1. The molecule has 0 heterocycles. The molecule has 1 aliphatic carbocycles. The van der Waals surface area contributed by atoms with Crippen molar-refractivity contribution in [2.24, 2.45) is 11.8 Å². The van der Waals surface area contributed by atoms with Crippen molar-refractivity contribution >= 4 is 0 Å². The Kier molecular flexibility index (Phi) is 3.13. The Labute approximate surface area is 74.9 Å². The van der Waals surface area contributed by atoms with Crippen molar-refractivity contribution in [1.82, 2.24) is 0 Å². The van der Waals surface area contributed by atoms with E-state index in [4.69, 9.17) is 4.74 Å². The van der Waals surface area contributed by atoms with Gasteiger partial charge in [0.1, 0.15) is 0 Å². The van der Waals surface area contributed by atoms with Crippen LogP contribution in [-0.2, 0) is 4.74 Å². The lowest BCUT2D eigenvalue weighted by atomic mass is 9.73. The number of methoxy groups -OCH3 is 1. The van der Waals surface area contributed by atoms with Crippen LogP contribution in [0.15, 0.2) is 0 Å². The summed E-state index contributed by atoms with van der Waals surface area (Å²) in [7, 11) is 1.65. The van der Waals surface area contributed by atoms with E-state index in [9.17, 15) is 5.11 Å². The van der Waals surface area contributed by atoms with Crippen LogP contribution < -0.4 is 0 Å². The summed E-state index contributed by atoms with van der Waals surface area (Å²) in [6.45, 7) is 4.96. The molecule has 0 aromatic carbocycles. The molecule has 0 bridgehead atoms. The average molecular weight is 172 g/mol. The summed E-state index contributed by atoms with van der Waals surface area (Å²) in [5, 5.41) is 10.0. The molecular formula is C10H20O2. The molecule has 0 aromatic heterocycles. The second-order valence-corrected chi connectivity index (χ2v) is 4.35. The van der Waals surface area contributed by atoms with Crippen LogP contribution in [0.1, 0.15) is 33.1 Å². The third-order valence-corrected chi connectivity index (χ3v) is 3.15. The molecule has 3 atom stereocenters. The number of hydrogen-bond donors (Lipinski definition) is 1. The van der Waals surface area contributed by atoms with Gasteiger partial charge in [0.15, 0.2) is 0 Å². The fraction of sp³-hybridized carbons (Fsp3) is 1.00. The Hall–Kier alpha value is -0.0800. The molecule has 12 heavy (non-hydrogen) atoms. The van der Waals surface area contributed by atoms with E-state index in [2.05, 4.69) is 13.8 Å². The summed E-state index contributed by atoms with van der Waals surface area (Å²) < 4.78 is 5.02. The quantitative estimate of drug-likeness (QED) is 0.688. The maximum Gasteiger partial charge on any atom is 0.0882 e. The van der Waals surface area contributed by atoms with E-state index in [1.165, 1.54) is 0 Å². The highest BCUT2D eigenvalue weighted by atomic mass is 16.5. The molecule has 1 N–H and O–H groups in total. The second-order valence-electron chi connectivity index (χ2n) is 4.35. The van der Waals surface area contributed by atoms with Crippen molar-refractivity contribution in [3.63, 3.8) is 0 Å². The maximum atomic E-state index is 10.0. The van der Waals surface area contributed by atoms with Crippen molar-refractivity contribution < 1.29 is 9.84 Å². The van der Waals surface area contributed by atoms with Crippen LogP contribution in [0, 0.1) is 11.8 Å². The summed E-state index contributed by atoms with van der Waals surface area (Å²) in [4.78, 5) is 0. The monoisotopic (exact) mass is 172 g/mol. The molecule has 0 saturated heterocycles. The highest BCUT2D eigenvalue weighted by molar-refractivity contribution is 4.87. The number of ether oxygens (including phenoxy) is 1. The minimum absolute atomic E-state index is 0.490. The van der Waals surface area contributed by atoms with Crippen LogP contribution in [0.4, 0.5) is 0 Å². The molecule has 3 unspecified atom stereocenters. The van der Waals surface area contributed by atoms with Gasteiger partial charge in [0.25, 0.3) is 0 Å². The van der Waals surface area contributed by atoms with Gasteiger partial charge in [-0.2, -0.15) is 0 Å². The van der Waals surface area contributed by atoms with E-state index < -0.39 is 5.60 Å². The molecule has 0 spiro atoms. The maximum absolute atomic E-state index is 10.0. The highest BCUT2D eigenvalue weighted by Crippen LogP contribution is 2.36. The first-order chi connectivity index (χ1) is 5.57. The Bertz CT molecular complexity index is 147. The van der Waals surface area contributed by atoms with Crippen molar-refractivity contribution in [3.05, 3.63) is 0 Å². The van der Waals surface area contributed by atoms with Crippen molar-refractivity contribution in [2.75, 3.05) is 13.7 Å². The number of aliphatic hydroxyl groups is 1. The third kappa shape index (κ3) is 2.20. The lowest BCUT2D eigenvalue weighted by Gasteiger charge is -2.38. The van der Waals surface area contributed by atoms with Gasteiger partial charge in [-0.15, -0.1) is 0 Å². The van der Waals surface area contributed by atoms with Crippen LogP contribution in [0.25, 0.3) is 0 Å². The molecule has 0 aliphatic heterocycles. The van der Waals surface area contributed by atoms with E-state index in [0.717, 1.165) is 25.2 Å². The molecule has 1 rings (SSSR count). The smallest absolute Gasteiger partial charge is 0.0882 e. The summed E-state index contributed by atoms with van der Waals surface area (Å²) >= 11 is 0. The molecule has 1 fully saturated rings. The fourth-order valence-electron chi connectivity index (χ4n) is 2.08. The van der Waals surface area contributed by atoms with Gasteiger partial charge in [0.2, 0.25) is 0 Å². The lowest BCUT2D eigenvalue weighted by Crippen LogP contribution is -2.41. The minimum atomic E-state index is -0.541. The van der Waals surface area contributed by atoms with Gasteiger partial charge < -0.3 is 9.84 Å². The Morgan fingerprint density at radius 3 is 2.58 bits per heavy atom. The first kappa shape index (κ1) is 10.0. The zero-order chi connectivity index (χ0) is 9.19. The predicted octanol–water partition coefficient (Wildman–Crippen LogP) is 1.82. The fourth-order valence-corrected chi connectivity index (χ4v) is 2.08. The standard InChI is InChI=1S/C10H20O2/c1-8-4-5-10(11,7-12-3)6-9(8)2/h8-9,11H,4-7H2,1-3H3. The average Bonchev–Trinajstić information content (AvgIpc) is 1.98.